The minimum absolute atomic E-state index is 0.228. The standard InChI is InChI=1S/C24H34N2O4/c1-3-29-23-9-4-5-10-24(23)30-19-22(27)18-25(2)16-20-7-6-8-21(15-20)17-26-11-13-28-14-12-26/h4-10,15,22,27H,3,11-14,16-19H2,1-2H3/t22-/m0/s1. The van der Waals surface area contributed by atoms with Crippen molar-refractivity contribution in [2.24, 2.45) is 0 Å². The molecule has 1 heterocycles. The quantitative estimate of drug-likeness (QED) is 0.610. The fourth-order valence-electron chi connectivity index (χ4n) is 3.66. The molecule has 30 heavy (non-hydrogen) atoms. The smallest absolute Gasteiger partial charge is 0.161 e. The summed E-state index contributed by atoms with van der Waals surface area (Å²) in [6.07, 6.45) is -0.582. The Labute approximate surface area is 180 Å². The van der Waals surface area contributed by atoms with Crippen LogP contribution in [0.1, 0.15) is 18.1 Å². The van der Waals surface area contributed by atoms with Crippen LogP contribution in [0.15, 0.2) is 48.5 Å². The Bertz CT molecular complexity index is 764. The summed E-state index contributed by atoms with van der Waals surface area (Å²) in [5.74, 6) is 1.37. The molecule has 1 aliphatic heterocycles. The second-order valence-electron chi connectivity index (χ2n) is 7.75. The molecule has 1 atom stereocenters. The van der Waals surface area contributed by atoms with Crippen LogP contribution < -0.4 is 9.47 Å². The SMILES string of the molecule is CCOc1ccccc1OC[C@@H](O)CN(C)Cc1cccc(CN2CCOCC2)c1. The van der Waals surface area contributed by atoms with E-state index >= 15 is 0 Å². The molecule has 6 nitrogen and oxygen atoms in total. The predicted octanol–water partition coefficient (Wildman–Crippen LogP) is 2.79. The Morgan fingerprint density at radius 1 is 1.03 bits per heavy atom. The van der Waals surface area contributed by atoms with Gasteiger partial charge in [-0.15, -0.1) is 0 Å². The van der Waals surface area contributed by atoms with E-state index in [0.717, 1.165) is 39.4 Å². The molecular weight excluding hydrogens is 380 g/mol. The molecule has 164 valence electrons. The average Bonchev–Trinajstić information content (AvgIpc) is 2.74. The van der Waals surface area contributed by atoms with E-state index in [1.807, 2.05) is 38.2 Å². The van der Waals surface area contributed by atoms with Crippen LogP contribution in [0, 0.1) is 0 Å². The minimum atomic E-state index is -0.582. The summed E-state index contributed by atoms with van der Waals surface area (Å²) < 4.78 is 16.8. The molecule has 0 amide bonds. The maximum absolute atomic E-state index is 10.4. The van der Waals surface area contributed by atoms with Gasteiger partial charge in [0.05, 0.1) is 19.8 Å². The highest BCUT2D eigenvalue weighted by Gasteiger charge is 2.13. The van der Waals surface area contributed by atoms with E-state index in [0.29, 0.717) is 24.7 Å². The van der Waals surface area contributed by atoms with Crippen molar-refractivity contribution in [3.8, 4) is 11.5 Å². The molecule has 1 fully saturated rings. The lowest BCUT2D eigenvalue weighted by atomic mass is 10.1. The molecule has 1 aliphatic rings. The number of likely N-dealkylation sites (N-methyl/N-ethyl adjacent to an activating group) is 1. The normalized spacial score (nSPS) is 15.9. The van der Waals surface area contributed by atoms with Crippen LogP contribution in [-0.2, 0) is 17.8 Å². The van der Waals surface area contributed by atoms with E-state index in [9.17, 15) is 5.11 Å². The number of benzene rings is 2. The van der Waals surface area contributed by atoms with Gasteiger partial charge in [0.2, 0.25) is 0 Å². The molecule has 3 rings (SSSR count). The van der Waals surface area contributed by atoms with Gasteiger partial charge in [0.1, 0.15) is 12.7 Å². The van der Waals surface area contributed by atoms with E-state index in [2.05, 4.69) is 34.1 Å². The molecule has 2 aromatic rings. The third-order valence-electron chi connectivity index (χ3n) is 5.06. The molecule has 0 aromatic heterocycles. The average molecular weight is 415 g/mol. The number of ether oxygens (including phenoxy) is 3. The number of rotatable bonds is 11. The molecule has 0 saturated carbocycles. The largest absolute Gasteiger partial charge is 0.490 e. The lowest BCUT2D eigenvalue weighted by Gasteiger charge is -2.27. The van der Waals surface area contributed by atoms with Crippen molar-refractivity contribution in [2.45, 2.75) is 26.1 Å². The van der Waals surface area contributed by atoms with Gasteiger partial charge in [-0.1, -0.05) is 36.4 Å². The number of hydrogen-bond donors (Lipinski definition) is 1. The first-order valence-electron chi connectivity index (χ1n) is 10.7. The number of morpholine rings is 1. The van der Waals surface area contributed by atoms with Crippen LogP contribution in [0.3, 0.4) is 0 Å². The summed E-state index contributed by atoms with van der Waals surface area (Å²) in [5, 5.41) is 10.4. The number of aliphatic hydroxyl groups excluding tert-OH is 1. The van der Waals surface area contributed by atoms with Gasteiger partial charge in [0, 0.05) is 32.7 Å². The third-order valence-corrected chi connectivity index (χ3v) is 5.06. The molecule has 0 aliphatic carbocycles. The van der Waals surface area contributed by atoms with Gasteiger partial charge in [-0.3, -0.25) is 9.80 Å². The second kappa shape index (κ2) is 11.9. The first kappa shape index (κ1) is 22.6. The van der Waals surface area contributed by atoms with Crippen molar-refractivity contribution in [3.63, 3.8) is 0 Å². The monoisotopic (exact) mass is 414 g/mol. The Morgan fingerprint density at radius 2 is 1.73 bits per heavy atom. The Balaban J connectivity index is 1.45. The summed E-state index contributed by atoms with van der Waals surface area (Å²) in [4.78, 5) is 4.55. The molecule has 0 radical (unpaired) electrons. The van der Waals surface area contributed by atoms with E-state index < -0.39 is 6.10 Å². The van der Waals surface area contributed by atoms with Crippen LogP contribution in [-0.4, -0.2) is 74.1 Å². The first-order chi connectivity index (χ1) is 14.6. The van der Waals surface area contributed by atoms with Crippen molar-refractivity contribution >= 4 is 0 Å². The van der Waals surface area contributed by atoms with Crippen LogP contribution >= 0.6 is 0 Å². The van der Waals surface area contributed by atoms with E-state index in [1.165, 1.54) is 11.1 Å². The Hall–Kier alpha value is -2.12. The van der Waals surface area contributed by atoms with Gasteiger partial charge in [-0.2, -0.15) is 0 Å². The molecule has 2 aromatic carbocycles. The summed E-state index contributed by atoms with van der Waals surface area (Å²) in [7, 11) is 2.02. The zero-order valence-electron chi connectivity index (χ0n) is 18.1. The molecule has 6 heteroatoms. The predicted molar refractivity (Wildman–Crippen MR) is 118 cm³/mol. The van der Waals surface area contributed by atoms with Crippen LogP contribution in [0.4, 0.5) is 0 Å². The van der Waals surface area contributed by atoms with Crippen LogP contribution in [0.5, 0.6) is 11.5 Å². The fourth-order valence-corrected chi connectivity index (χ4v) is 3.66. The Kier molecular flexibility index (Phi) is 8.96. The number of para-hydroxylation sites is 2. The van der Waals surface area contributed by atoms with Gasteiger partial charge in [0.15, 0.2) is 11.5 Å². The molecule has 1 N–H and O–H groups in total. The topological polar surface area (TPSA) is 54.4 Å². The van der Waals surface area contributed by atoms with Gasteiger partial charge < -0.3 is 19.3 Å². The van der Waals surface area contributed by atoms with E-state index in [4.69, 9.17) is 14.2 Å². The van der Waals surface area contributed by atoms with Crippen molar-refractivity contribution in [3.05, 3.63) is 59.7 Å². The highest BCUT2D eigenvalue weighted by Crippen LogP contribution is 2.26. The maximum atomic E-state index is 10.4. The Morgan fingerprint density at radius 3 is 2.47 bits per heavy atom. The van der Waals surface area contributed by atoms with Crippen molar-refractivity contribution < 1.29 is 19.3 Å². The van der Waals surface area contributed by atoms with E-state index in [1.54, 1.807) is 0 Å². The molecule has 0 unspecified atom stereocenters. The first-order valence-corrected chi connectivity index (χ1v) is 10.7. The van der Waals surface area contributed by atoms with Crippen molar-refractivity contribution in [1.29, 1.82) is 0 Å². The van der Waals surface area contributed by atoms with Gasteiger partial charge in [-0.05, 0) is 37.2 Å². The molecule has 0 bridgehead atoms. The summed E-state index contributed by atoms with van der Waals surface area (Å²) in [6.45, 7) is 8.63. The lowest BCUT2D eigenvalue weighted by molar-refractivity contribution is 0.0342. The minimum Gasteiger partial charge on any atom is -0.490 e. The van der Waals surface area contributed by atoms with Crippen molar-refractivity contribution in [2.75, 3.05) is 53.1 Å². The number of hydrogen-bond acceptors (Lipinski definition) is 6. The van der Waals surface area contributed by atoms with Crippen LogP contribution in [0.25, 0.3) is 0 Å². The molecule has 0 spiro atoms. The summed E-state index contributed by atoms with van der Waals surface area (Å²) in [5.41, 5.74) is 2.57. The molecular formula is C24H34N2O4. The summed E-state index contributed by atoms with van der Waals surface area (Å²) >= 11 is 0. The van der Waals surface area contributed by atoms with Crippen molar-refractivity contribution in [1.82, 2.24) is 9.80 Å². The molecule has 1 saturated heterocycles. The third kappa shape index (κ3) is 7.29. The fraction of sp³-hybridized carbons (Fsp3) is 0.500. The van der Waals surface area contributed by atoms with Gasteiger partial charge in [0.25, 0.3) is 0 Å². The second-order valence-corrected chi connectivity index (χ2v) is 7.75. The number of aliphatic hydroxyl groups is 1. The zero-order valence-corrected chi connectivity index (χ0v) is 18.1. The van der Waals surface area contributed by atoms with Crippen LogP contribution in [0.2, 0.25) is 0 Å². The number of nitrogens with zero attached hydrogens (tertiary/aromatic N) is 2. The summed E-state index contributed by atoms with van der Waals surface area (Å²) in [6, 6.07) is 16.2. The van der Waals surface area contributed by atoms with Gasteiger partial charge in [-0.25, -0.2) is 0 Å². The highest BCUT2D eigenvalue weighted by atomic mass is 16.5. The van der Waals surface area contributed by atoms with E-state index in [-0.39, 0.29) is 6.61 Å². The highest BCUT2D eigenvalue weighted by molar-refractivity contribution is 5.39. The maximum Gasteiger partial charge on any atom is 0.161 e. The lowest BCUT2D eigenvalue weighted by Crippen LogP contribution is -2.35. The zero-order chi connectivity index (χ0) is 21.2. The van der Waals surface area contributed by atoms with Gasteiger partial charge >= 0.3 is 0 Å².